The van der Waals surface area contributed by atoms with Gasteiger partial charge in [-0.2, -0.15) is 0 Å². The van der Waals surface area contributed by atoms with Crippen molar-refractivity contribution in [2.75, 3.05) is 19.6 Å². The van der Waals surface area contributed by atoms with Gasteiger partial charge in [0.05, 0.1) is 5.41 Å². The molecular formula is C18H24N2O3. The zero-order valence-corrected chi connectivity index (χ0v) is 13.5. The molecule has 1 heterocycles. The maximum atomic E-state index is 12.3. The molecule has 2 aliphatic rings. The lowest BCUT2D eigenvalue weighted by Gasteiger charge is -2.23. The summed E-state index contributed by atoms with van der Waals surface area (Å²) in [6.45, 7) is 3.55. The topological polar surface area (TPSA) is 69.6 Å². The summed E-state index contributed by atoms with van der Waals surface area (Å²) in [5, 5.41) is 12.5. The smallest absolute Gasteiger partial charge is 0.317 e. The highest BCUT2D eigenvalue weighted by atomic mass is 16.4. The van der Waals surface area contributed by atoms with E-state index in [0.717, 1.165) is 19.3 Å². The number of carbonyl (C=O) groups is 2. The zero-order chi connectivity index (χ0) is 16.4. The number of carboxylic acids is 1. The van der Waals surface area contributed by atoms with Crippen LogP contribution in [0.5, 0.6) is 0 Å². The molecule has 0 radical (unpaired) electrons. The third-order valence-corrected chi connectivity index (χ3v) is 5.36. The maximum Gasteiger partial charge on any atom is 0.317 e. The number of amides is 2. The SMILES string of the molecule is Cc1cccc(CCNC(=O)N2C[C@@H]3CCC[C@@]3(C(=O)O)C2)c1. The minimum absolute atomic E-state index is 0.113. The standard InChI is InChI=1S/C18H24N2O3/c1-13-4-2-5-14(10-13)7-9-19-17(23)20-11-15-6-3-8-18(15,12-20)16(21)22/h2,4-5,10,15H,3,6-9,11-12H2,1H3,(H,19,23)(H,21,22)/t15-,18+/m0/s1. The van der Waals surface area contributed by atoms with Crippen LogP contribution >= 0.6 is 0 Å². The number of urea groups is 1. The number of nitrogens with one attached hydrogen (secondary N) is 1. The molecule has 1 aliphatic heterocycles. The van der Waals surface area contributed by atoms with Gasteiger partial charge in [-0.1, -0.05) is 36.2 Å². The lowest BCUT2D eigenvalue weighted by Crippen LogP contribution is -2.42. The lowest BCUT2D eigenvalue weighted by molar-refractivity contribution is -0.149. The Kier molecular flexibility index (Phi) is 4.28. The van der Waals surface area contributed by atoms with Crippen LogP contribution in [0.2, 0.25) is 0 Å². The molecule has 0 aromatic heterocycles. The van der Waals surface area contributed by atoms with Crippen LogP contribution in [0, 0.1) is 18.3 Å². The number of hydrogen-bond donors (Lipinski definition) is 2. The van der Waals surface area contributed by atoms with Crippen molar-refractivity contribution in [3.63, 3.8) is 0 Å². The van der Waals surface area contributed by atoms with E-state index < -0.39 is 11.4 Å². The predicted molar refractivity (Wildman–Crippen MR) is 87.3 cm³/mol. The molecule has 1 saturated heterocycles. The Hall–Kier alpha value is -2.04. The van der Waals surface area contributed by atoms with Gasteiger partial charge in [0, 0.05) is 19.6 Å². The lowest BCUT2D eigenvalue weighted by atomic mass is 9.81. The van der Waals surface area contributed by atoms with Crippen molar-refractivity contribution in [3.8, 4) is 0 Å². The molecule has 1 saturated carbocycles. The highest BCUT2D eigenvalue weighted by molar-refractivity contribution is 5.80. The number of carboxylic acid groups (broad SMARTS) is 1. The van der Waals surface area contributed by atoms with Crippen LogP contribution in [0.4, 0.5) is 4.79 Å². The molecule has 1 aliphatic carbocycles. The summed E-state index contributed by atoms with van der Waals surface area (Å²) in [6.07, 6.45) is 3.36. The van der Waals surface area contributed by atoms with Crippen molar-refractivity contribution in [2.45, 2.75) is 32.6 Å². The summed E-state index contributed by atoms with van der Waals surface area (Å²) < 4.78 is 0. The van der Waals surface area contributed by atoms with Gasteiger partial charge in [0.15, 0.2) is 0 Å². The molecule has 2 fully saturated rings. The van der Waals surface area contributed by atoms with E-state index in [1.807, 2.05) is 6.07 Å². The third-order valence-electron chi connectivity index (χ3n) is 5.36. The van der Waals surface area contributed by atoms with Crippen molar-refractivity contribution >= 4 is 12.0 Å². The van der Waals surface area contributed by atoms with E-state index in [1.54, 1.807) is 4.90 Å². The molecule has 0 unspecified atom stereocenters. The van der Waals surface area contributed by atoms with E-state index >= 15 is 0 Å². The van der Waals surface area contributed by atoms with Gasteiger partial charge in [-0.05, 0) is 37.7 Å². The molecule has 23 heavy (non-hydrogen) atoms. The number of hydrogen-bond acceptors (Lipinski definition) is 2. The fourth-order valence-electron chi connectivity index (χ4n) is 4.09. The first-order valence-corrected chi connectivity index (χ1v) is 8.33. The van der Waals surface area contributed by atoms with E-state index in [2.05, 4.69) is 30.4 Å². The van der Waals surface area contributed by atoms with E-state index in [1.165, 1.54) is 11.1 Å². The second-order valence-corrected chi connectivity index (χ2v) is 6.90. The van der Waals surface area contributed by atoms with Gasteiger partial charge in [0.25, 0.3) is 0 Å². The normalized spacial score (nSPS) is 26.1. The van der Waals surface area contributed by atoms with Crippen LogP contribution in [-0.2, 0) is 11.2 Å². The molecule has 2 N–H and O–H groups in total. The summed E-state index contributed by atoms with van der Waals surface area (Å²) in [4.78, 5) is 25.7. The first-order valence-electron chi connectivity index (χ1n) is 8.33. The Morgan fingerprint density at radius 1 is 1.43 bits per heavy atom. The summed E-state index contributed by atoms with van der Waals surface area (Å²) in [5.41, 5.74) is 1.71. The number of benzene rings is 1. The van der Waals surface area contributed by atoms with Gasteiger partial charge in [0.1, 0.15) is 0 Å². The molecule has 0 spiro atoms. The van der Waals surface area contributed by atoms with Gasteiger partial charge in [-0.15, -0.1) is 0 Å². The minimum atomic E-state index is -0.741. The molecule has 124 valence electrons. The Morgan fingerprint density at radius 2 is 2.26 bits per heavy atom. The molecule has 5 heteroatoms. The molecule has 1 aromatic rings. The highest BCUT2D eigenvalue weighted by Crippen LogP contribution is 2.48. The van der Waals surface area contributed by atoms with Crippen molar-refractivity contribution in [3.05, 3.63) is 35.4 Å². The number of nitrogens with zero attached hydrogens (tertiary/aromatic N) is 1. The monoisotopic (exact) mass is 316 g/mol. The number of rotatable bonds is 4. The van der Waals surface area contributed by atoms with Gasteiger partial charge in [-0.25, -0.2) is 4.79 Å². The van der Waals surface area contributed by atoms with Crippen LogP contribution in [-0.4, -0.2) is 41.6 Å². The van der Waals surface area contributed by atoms with Crippen molar-refractivity contribution < 1.29 is 14.7 Å². The molecule has 2 atom stereocenters. The Morgan fingerprint density at radius 3 is 2.96 bits per heavy atom. The van der Waals surface area contributed by atoms with E-state index in [-0.39, 0.29) is 11.9 Å². The summed E-state index contributed by atoms with van der Waals surface area (Å²) in [7, 11) is 0. The van der Waals surface area contributed by atoms with Crippen LogP contribution < -0.4 is 5.32 Å². The van der Waals surface area contributed by atoms with E-state index in [0.29, 0.717) is 26.1 Å². The van der Waals surface area contributed by atoms with Gasteiger partial charge in [-0.3, -0.25) is 4.79 Å². The van der Waals surface area contributed by atoms with Gasteiger partial charge in [0.2, 0.25) is 0 Å². The molecule has 5 nitrogen and oxygen atoms in total. The second kappa shape index (κ2) is 6.22. The Bertz CT molecular complexity index is 616. The fourth-order valence-corrected chi connectivity index (χ4v) is 4.09. The fraction of sp³-hybridized carbons (Fsp3) is 0.556. The Balaban J connectivity index is 1.53. The van der Waals surface area contributed by atoms with Crippen LogP contribution in [0.1, 0.15) is 30.4 Å². The summed E-state index contributed by atoms with van der Waals surface area (Å²) in [5.74, 6) is -0.627. The Labute approximate surface area is 136 Å². The highest BCUT2D eigenvalue weighted by Gasteiger charge is 2.55. The minimum Gasteiger partial charge on any atom is -0.481 e. The zero-order valence-electron chi connectivity index (χ0n) is 13.5. The van der Waals surface area contributed by atoms with Crippen LogP contribution in [0.25, 0.3) is 0 Å². The average Bonchev–Trinajstić information content (AvgIpc) is 3.05. The molecule has 2 amide bonds. The number of aliphatic carboxylic acids is 1. The van der Waals surface area contributed by atoms with Crippen molar-refractivity contribution in [1.82, 2.24) is 10.2 Å². The molecule has 0 bridgehead atoms. The molecule has 3 rings (SSSR count). The molecular weight excluding hydrogens is 292 g/mol. The summed E-state index contributed by atoms with van der Waals surface area (Å²) in [6, 6.07) is 8.11. The second-order valence-electron chi connectivity index (χ2n) is 6.90. The summed E-state index contributed by atoms with van der Waals surface area (Å²) >= 11 is 0. The van der Waals surface area contributed by atoms with Crippen LogP contribution in [0.3, 0.4) is 0 Å². The first-order chi connectivity index (χ1) is 11.0. The first kappa shape index (κ1) is 15.8. The number of carbonyl (C=O) groups excluding carboxylic acids is 1. The van der Waals surface area contributed by atoms with Crippen molar-refractivity contribution in [2.24, 2.45) is 11.3 Å². The predicted octanol–water partition coefficient (Wildman–Crippen LogP) is 2.43. The van der Waals surface area contributed by atoms with Gasteiger partial charge < -0.3 is 15.3 Å². The average molecular weight is 316 g/mol. The number of fused-ring (bicyclic) bond motifs is 1. The van der Waals surface area contributed by atoms with Gasteiger partial charge >= 0.3 is 12.0 Å². The number of aryl methyl sites for hydroxylation is 1. The van der Waals surface area contributed by atoms with E-state index in [4.69, 9.17) is 0 Å². The molecule has 1 aromatic carbocycles. The third kappa shape index (κ3) is 3.05. The largest absolute Gasteiger partial charge is 0.481 e. The quantitative estimate of drug-likeness (QED) is 0.896. The number of likely N-dealkylation sites (tertiary alicyclic amines) is 1. The van der Waals surface area contributed by atoms with Crippen LogP contribution in [0.15, 0.2) is 24.3 Å². The maximum absolute atomic E-state index is 12.3. The van der Waals surface area contributed by atoms with Crippen molar-refractivity contribution in [1.29, 1.82) is 0 Å². The van der Waals surface area contributed by atoms with E-state index in [9.17, 15) is 14.7 Å².